The number of hydrogen-bond donors (Lipinski definition) is 2. The average molecular weight is 308 g/mol. The summed E-state index contributed by atoms with van der Waals surface area (Å²) < 4.78 is 5.43. The Kier molecular flexibility index (Phi) is 4.71. The zero-order valence-electron chi connectivity index (χ0n) is 13.0. The van der Waals surface area contributed by atoms with Crippen LogP contribution in [0.1, 0.15) is 60.9 Å². The molecule has 0 radical (unpaired) electrons. The predicted molar refractivity (Wildman–Crippen MR) is 87.4 cm³/mol. The molecule has 1 heterocycles. The first-order valence-corrected chi connectivity index (χ1v) is 7.98. The Morgan fingerprint density at radius 3 is 2.52 bits per heavy atom. The fourth-order valence-corrected chi connectivity index (χ4v) is 3.41. The van der Waals surface area contributed by atoms with Crippen LogP contribution in [0.15, 0.2) is 10.5 Å². The molecule has 1 aromatic rings. The van der Waals surface area contributed by atoms with Gasteiger partial charge in [0.2, 0.25) is 0 Å². The van der Waals surface area contributed by atoms with Gasteiger partial charge in [-0.25, -0.2) is 0 Å². The monoisotopic (exact) mass is 308 g/mol. The van der Waals surface area contributed by atoms with Crippen LogP contribution in [0, 0.1) is 19.8 Å². The number of rotatable bonds is 4. The van der Waals surface area contributed by atoms with Gasteiger partial charge in [0, 0.05) is 0 Å². The first kappa shape index (κ1) is 16.0. The Morgan fingerprint density at radius 1 is 1.48 bits per heavy atom. The lowest BCUT2D eigenvalue weighted by molar-refractivity contribution is 0.0897. The van der Waals surface area contributed by atoms with E-state index in [0.717, 1.165) is 31.4 Å². The molecule has 1 fully saturated rings. The highest BCUT2D eigenvalue weighted by molar-refractivity contribution is 7.80. The van der Waals surface area contributed by atoms with Crippen LogP contribution >= 0.6 is 12.2 Å². The van der Waals surface area contributed by atoms with Gasteiger partial charge < -0.3 is 15.5 Å². The SMILES string of the molecule is CCC1CCC(NC(=O)c2cc(C)oc2C)(C(N)=S)CC1. The highest BCUT2D eigenvalue weighted by Gasteiger charge is 2.39. The Morgan fingerprint density at radius 2 is 2.10 bits per heavy atom. The van der Waals surface area contributed by atoms with Crippen LogP contribution in [0.4, 0.5) is 0 Å². The van der Waals surface area contributed by atoms with Crippen molar-refractivity contribution in [2.24, 2.45) is 11.7 Å². The number of amides is 1. The Labute approximate surface area is 131 Å². The molecule has 0 bridgehead atoms. The van der Waals surface area contributed by atoms with Crippen molar-refractivity contribution in [3.05, 3.63) is 23.2 Å². The van der Waals surface area contributed by atoms with Gasteiger partial charge in [0.15, 0.2) is 0 Å². The van der Waals surface area contributed by atoms with Gasteiger partial charge in [-0.05, 0) is 51.5 Å². The molecule has 0 atom stereocenters. The van der Waals surface area contributed by atoms with Crippen molar-refractivity contribution in [2.45, 2.75) is 58.4 Å². The molecule has 5 heteroatoms. The van der Waals surface area contributed by atoms with E-state index in [4.69, 9.17) is 22.4 Å². The van der Waals surface area contributed by atoms with Crippen molar-refractivity contribution < 1.29 is 9.21 Å². The summed E-state index contributed by atoms with van der Waals surface area (Å²) in [4.78, 5) is 12.9. The summed E-state index contributed by atoms with van der Waals surface area (Å²) in [7, 11) is 0. The fourth-order valence-electron chi connectivity index (χ4n) is 3.15. The molecule has 21 heavy (non-hydrogen) atoms. The number of furan rings is 1. The van der Waals surface area contributed by atoms with Crippen LogP contribution in [0.3, 0.4) is 0 Å². The lowest BCUT2D eigenvalue weighted by Crippen LogP contribution is -2.58. The Hall–Kier alpha value is -1.36. The number of hydrogen-bond acceptors (Lipinski definition) is 3. The van der Waals surface area contributed by atoms with Gasteiger partial charge in [-0.1, -0.05) is 25.6 Å². The summed E-state index contributed by atoms with van der Waals surface area (Å²) in [5, 5.41) is 3.08. The lowest BCUT2D eigenvalue weighted by Gasteiger charge is -2.39. The molecular weight excluding hydrogens is 284 g/mol. The number of aryl methyl sites for hydroxylation is 2. The van der Waals surface area contributed by atoms with E-state index in [9.17, 15) is 4.79 Å². The number of nitrogens with two attached hydrogens (primary N) is 1. The second kappa shape index (κ2) is 6.18. The minimum absolute atomic E-state index is 0.146. The van der Waals surface area contributed by atoms with E-state index >= 15 is 0 Å². The molecule has 0 aromatic carbocycles. The van der Waals surface area contributed by atoms with Gasteiger partial charge in [-0.3, -0.25) is 4.79 Å². The molecule has 1 aromatic heterocycles. The summed E-state index contributed by atoms with van der Waals surface area (Å²) in [6, 6.07) is 1.76. The van der Waals surface area contributed by atoms with E-state index in [1.54, 1.807) is 13.0 Å². The Bertz CT molecular complexity index is 542. The van der Waals surface area contributed by atoms with E-state index in [1.807, 2.05) is 6.92 Å². The average Bonchev–Trinajstić information content (AvgIpc) is 2.78. The van der Waals surface area contributed by atoms with Crippen molar-refractivity contribution in [2.75, 3.05) is 0 Å². The molecular formula is C16H24N2O2S. The molecule has 1 aliphatic carbocycles. The van der Waals surface area contributed by atoms with Gasteiger partial charge in [-0.15, -0.1) is 0 Å². The van der Waals surface area contributed by atoms with Gasteiger partial charge in [0.1, 0.15) is 11.5 Å². The largest absolute Gasteiger partial charge is 0.466 e. The van der Waals surface area contributed by atoms with Gasteiger partial charge in [-0.2, -0.15) is 0 Å². The minimum atomic E-state index is -0.546. The lowest BCUT2D eigenvalue weighted by atomic mass is 9.75. The van der Waals surface area contributed by atoms with Crippen molar-refractivity contribution in [1.29, 1.82) is 0 Å². The van der Waals surface area contributed by atoms with Crippen molar-refractivity contribution in [1.82, 2.24) is 5.32 Å². The van der Waals surface area contributed by atoms with Crippen molar-refractivity contribution in [3.63, 3.8) is 0 Å². The number of carbonyl (C=O) groups excluding carboxylic acids is 1. The van der Waals surface area contributed by atoms with Gasteiger partial charge in [0.05, 0.1) is 16.1 Å². The fraction of sp³-hybridized carbons (Fsp3) is 0.625. The molecule has 0 spiro atoms. The first-order chi connectivity index (χ1) is 9.88. The highest BCUT2D eigenvalue weighted by atomic mass is 32.1. The molecule has 1 amide bonds. The first-order valence-electron chi connectivity index (χ1n) is 7.57. The summed E-state index contributed by atoms with van der Waals surface area (Å²) in [6.07, 6.45) is 4.92. The minimum Gasteiger partial charge on any atom is -0.466 e. The maximum atomic E-state index is 12.5. The topological polar surface area (TPSA) is 68.3 Å². The molecule has 1 saturated carbocycles. The van der Waals surface area contributed by atoms with E-state index in [2.05, 4.69) is 12.2 Å². The van der Waals surface area contributed by atoms with Crippen LogP contribution < -0.4 is 11.1 Å². The quantitative estimate of drug-likeness (QED) is 0.838. The van der Waals surface area contributed by atoms with Gasteiger partial charge in [0.25, 0.3) is 5.91 Å². The summed E-state index contributed by atoms with van der Waals surface area (Å²) >= 11 is 5.25. The number of nitrogens with one attached hydrogen (secondary N) is 1. The zero-order valence-corrected chi connectivity index (χ0v) is 13.8. The second-order valence-corrected chi connectivity index (χ2v) is 6.52. The van der Waals surface area contributed by atoms with Crippen LogP contribution in [-0.4, -0.2) is 16.4 Å². The maximum absolute atomic E-state index is 12.5. The van der Waals surface area contributed by atoms with E-state index in [-0.39, 0.29) is 5.91 Å². The molecule has 116 valence electrons. The van der Waals surface area contributed by atoms with Gasteiger partial charge >= 0.3 is 0 Å². The summed E-state index contributed by atoms with van der Waals surface area (Å²) in [5.74, 6) is 1.93. The third-order valence-corrected chi connectivity index (χ3v) is 5.04. The Balaban J connectivity index is 2.16. The third-order valence-electron chi connectivity index (χ3n) is 4.65. The normalized spacial score (nSPS) is 25.6. The highest BCUT2D eigenvalue weighted by Crippen LogP contribution is 2.34. The molecule has 1 aliphatic rings. The van der Waals surface area contributed by atoms with Crippen LogP contribution in [0.25, 0.3) is 0 Å². The molecule has 0 unspecified atom stereocenters. The summed E-state index contributed by atoms with van der Waals surface area (Å²) in [5.41, 5.74) is 5.98. The third kappa shape index (κ3) is 3.28. The zero-order chi connectivity index (χ0) is 15.6. The number of thiocarbonyl (C=S) groups is 1. The predicted octanol–water partition coefficient (Wildman–Crippen LogP) is 3.25. The summed E-state index contributed by atoms with van der Waals surface area (Å²) in [6.45, 7) is 5.83. The van der Waals surface area contributed by atoms with E-state index < -0.39 is 5.54 Å². The van der Waals surface area contributed by atoms with Crippen LogP contribution in [0.5, 0.6) is 0 Å². The van der Waals surface area contributed by atoms with Crippen LogP contribution in [0.2, 0.25) is 0 Å². The molecule has 0 saturated heterocycles. The maximum Gasteiger partial charge on any atom is 0.255 e. The molecule has 2 rings (SSSR count). The van der Waals surface area contributed by atoms with E-state index in [1.165, 1.54) is 6.42 Å². The second-order valence-electron chi connectivity index (χ2n) is 6.08. The van der Waals surface area contributed by atoms with E-state index in [0.29, 0.717) is 22.2 Å². The number of carbonyl (C=O) groups is 1. The van der Waals surface area contributed by atoms with Crippen molar-refractivity contribution in [3.8, 4) is 0 Å². The molecule has 4 nitrogen and oxygen atoms in total. The smallest absolute Gasteiger partial charge is 0.255 e. The van der Waals surface area contributed by atoms with Crippen LogP contribution in [-0.2, 0) is 0 Å². The standard InChI is InChI=1S/C16H24N2O2S/c1-4-12-5-7-16(8-6-12,15(17)21)18-14(19)13-9-10(2)20-11(13)3/h9,12H,4-8H2,1-3H3,(H2,17,21)(H,18,19). The molecule has 3 N–H and O–H groups in total. The molecule has 0 aliphatic heterocycles. The van der Waals surface area contributed by atoms with Crippen molar-refractivity contribution >= 4 is 23.1 Å².